The highest BCUT2D eigenvalue weighted by Gasteiger charge is 2.23. The molecule has 0 atom stereocenters. The fraction of sp³-hybridized carbons (Fsp3) is 0.370. The molecule has 0 radical (unpaired) electrons. The number of piperazine rings is 1. The Morgan fingerprint density at radius 2 is 1.65 bits per heavy atom. The molecule has 0 saturated carbocycles. The van der Waals surface area contributed by atoms with Gasteiger partial charge in [-0.25, -0.2) is 0 Å². The monoisotopic (exact) mass is 460 g/mol. The first-order valence-corrected chi connectivity index (χ1v) is 11.9. The van der Waals surface area contributed by atoms with E-state index in [1.807, 2.05) is 72.5 Å². The summed E-state index contributed by atoms with van der Waals surface area (Å²) in [5, 5.41) is 8.83. The number of carbonyl (C=O) groups is 1. The number of carbonyl (C=O) groups excluding carboxylic acids is 1. The zero-order chi connectivity index (χ0) is 23.9. The van der Waals surface area contributed by atoms with Crippen molar-refractivity contribution < 1.29 is 14.3 Å². The molecule has 2 aromatic carbocycles. The van der Waals surface area contributed by atoms with E-state index in [1.54, 1.807) is 0 Å². The molecule has 0 spiro atoms. The molecule has 7 heteroatoms. The zero-order valence-corrected chi connectivity index (χ0v) is 20.1. The minimum absolute atomic E-state index is 0.00939. The van der Waals surface area contributed by atoms with Gasteiger partial charge >= 0.3 is 0 Å². The third kappa shape index (κ3) is 5.65. The van der Waals surface area contributed by atoms with Gasteiger partial charge in [0.2, 0.25) is 0 Å². The number of hydrogen-bond donors (Lipinski definition) is 0. The summed E-state index contributed by atoms with van der Waals surface area (Å²) in [5.41, 5.74) is 2.93. The van der Waals surface area contributed by atoms with Gasteiger partial charge < -0.3 is 19.3 Å². The number of para-hydroxylation sites is 1. The predicted molar refractivity (Wildman–Crippen MR) is 133 cm³/mol. The van der Waals surface area contributed by atoms with E-state index < -0.39 is 0 Å². The van der Waals surface area contributed by atoms with E-state index in [-0.39, 0.29) is 12.5 Å². The van der Waals surface area contributed by atoms with Gasteiger partial charge in [-0.3, -0.25) is 4.79 Å². The molecule has 3 aromatic rings. The van der Waals surface area contributed by atoms with Gasteiger partial charge in [0, 0.05) is 31.7 Å². The first-order valence-electron chi connectivity index (χ1n) is 11.9. The molecule has 1 aromatic heterocycles. The maximum absolute atomic E-state index is 12.7. The van der Waals surface area contributed by atoms with Crippen molar-refractivity contribution in [2.24, 2.45) is 0 Å². The lowest BCUT2D eigenvalue weighted by molar-refractivity contribution is -0.133. The average molecular weight is 461 g/mol. The summed E-state index contributed by atoms with van der Waals surface area (Å²) in [6.07, 6.45) is 0. The number of nitrogens with zero attached hydrogens (tertiary/aromatic N) is 4. The standard InChI is InChI=1S/C27H32N4O3/c1-4-33-22-11-9-21(10-12-22)24-13-14-26(29-28-24)30-15-17-31(18-16-30)27(32)19-34-25-8-6-5-7-23(25)20(2)3/h5-14,20H,4,15-19H2,1-3H3. The fourth-order valence-electron chi connectivity index (χ4n) is 4.04. The van der Waals surface area contributed by atoms with Crippen LogP contribution in [0.3, 0.4) is 0 Å². The molecule has 1 aliphatic rings. The predicted octanol–water partition coefficient (Wildman–Crippen LogP) is 4.39. The van der Waals surface area contributed by atoms with Crippen molar-refractivity contribution in [2.45, 2.75) is 26.7 Å². The molecular formula is C27H32N4O3. The van der Waals surface area contributed by atoms with Gasteiger partial charge in [-0.2, -0.15) is 0 Å². The quantitative estimate of drug-likeness (QED) is 0.497. The topological polar surface area (TPSA) is 67.8 Å². The largest absolute Gasteiger partial charge is 0.494 e. The third-order valence-corrected chi connectivity index (χ3v) is 5.96. The summed E-state index contributed by atoms with van der Waals surface area (Å²) in [4.78, 5) is 16.7. The minimum atomic E-state index is 0.00939. The van der Waals surface area contributed by atoms with E-state index in [1.165, 1.54) is 0 Å². The van der Waals surface area contributed by atoms with Crippen molar-refractivity contribution in [3.63, 3.8) is 0 Å². The van der Waals surface area contributed by atoms with E-state index in [2.05, 4.69) is 28.9 Å². The van der Waals surface area contributed by atoms with Crippen molar-refractivity contribution >= 4 is 11.7 Å². The Morgan fingerprint density at radius 3 is 2.29 bits per heavy atom. The summed E-state index contributed by atoms with van der Waals surface area (Å²) in [7, 11) is 0. The Hall–Kier alpha value is -3.61. The molecule has 1 saturated heterocycles. The van der Waals surface area contributed by atoms with Crippen LogP contribution in [0.1, 0.15) is 32.3 Å². The highest BCUT2D eigenvalue weighted by atomic mass is 16.5. The lowest BCUT2D eigenvalue weighted by atomic mass is 10.0. The van der Waals surface area contributed by atoms with Gasteiger partial charge in [0.05, 0.1) is 12.3 Å². The molecule has 1 amide bonds. The highest BCUT2D eigenvalue weighted by molar-refractivity contribution is 5.78. The molecule has 0 N–H and O–H groups in total. The number of hydrogen-bond acceptors (Lipinski definition) is 6. The van der Waals surface area contributed by atoms with E-state index >= 15 is 0 Å². The number of rotatable bonds is 8. The zero-order valence-electron chi connectivity index (χ0n) is 20.1. The third-order valence-electron chi connectivity index (χ3n) is 5.96. The number of aromatic nitrogens is 2. The van der Waals surface area contributed by atoms with Gasteiger partial charge in [0.15, 0.2) is 12.4 Å². The van der Waals surface area contributed by atoms with Crippen LogP contribution >= 0.6 is 0 Å². The van der Waals surface area contributed by atoms with Crippen LogP contribution < -0.4 is 14.4 Å². The molecule has 0 bridgehead atoms. The minimum Gasteiger partial charge on any atom is -0.494 e. The second kappa shape index (κ2) is 11.0. The van der Waals surface area contributed by atoms with Crippen LogP contribution in [0.5, 0.6) is 11.5 Å². The fourth-order valence-corrected chi connectivity index (χ4v) is 4.04. The second-order valence-corrected chi connectivity index (χ2v) is 8.58. The first kappa shape index (κ1) is 23.5. The van der Waals surface area contributed by atoms with E-state index in [0.717, 1.165) is 34.1 Å². The molecule has 0 aliphatic carbocycles. The average Bonchev–Trinajstić information content (AvgIpc) is 2.88. The van der Waals surface area contributed by atoms with Crippen molar-refractivity contribution in [3.05, 3.63) is 66.2 Å². The van der Waals surface area contributed by atoms with E-state index in [9.17, 15) is 4.79 Å². The molecule has 0 unspecified atom stereocenters. The van der Waals surface area contributed by atoms with Gasteiger partial charge in [-0.15, -0.1) is 10.2 Å². The molecule has 2 heterocycles. The van der Waals surface area contributed by atoms with Crippen LogP contribution in [0, 0.1) is 0 Å². The molecule has 34 heavy (non-hydrogen) atoms. The Balaban J connectivity index is 1.29. The van der Waals surface area contributed by atoms with Crippen molar-refractivity contribution in [1.29, 1.82) is 0 Å². The summed E-state index contributed by atoms with van der Waals surface area (Å²) in [6, 6.07) is 19.7. The van der Waals surface area contributed by atoms with Gasteiger partial charge in [-0.05, 0) is 60.9 Å². The van der Waals surface area contributed by atoms with Crippen LogP contribution in [0.4, 0.5) is 5.82 Å². The molecule has 178 valence electrons. The normalized spacial score (nSPS) is 13.8. The van der Waals surface area contributed by atoms with Crippen molar-refractivity contribution in [2.75, 3.05) is 44.3 Å². The Kier molecular flexibility index (Phi) is 7.62. The van der Waals surface area contributed by atoms with Gasteiger partial charge in [0.25, 0.3) is 5.91 Å². The SMILES string of the molecule is CCOc1ccc(-c2ccc(N3CCN(C(=O)COc4ccccc4C(C)C)CC3)nn2)cc1. The molecule has 4 rings (SSSR count). The molecule has 1 fully saturated rings. The summed E-state index contributed by atoms with van der Waals surface area (Å²) in [5.74, 6) is 2.81. The lowest BCUT2D eigenvalue weighted by Crippen LogP contribution is -2.50. The van der Waals surface area contributed by atoms with Gasteiger partial charge in [0.1, 0.15) is 11.5 Å². The number of anilines is 1. The van der Waals surface area contributed by atoms with Crippen LogP contribution in [-0.4, -0.2) is 60.4 Å². The van der Waals surface area contributed by atoms with E-state index in [4.69, 9.17) is 9.47 Å². The highest BCUT2D eigenvalue weighted by Crippen LogP contribution is 2.26. The maximum atomic E-state index is 12.7. The second-order valence-electron chi connectivity index (χ2n) is 8.58. The molecule has 1 aliphatic heterocycles. The summed E-state index contributed by atoms with van der Waals surface area (Å²) < 4.78 is 11.4. The smallest absolute Gasteiger partial charge is 0.260 e. The Morgan fingerprint density at radius 1 is 0.912 bits per heavy atom. The van der Waals surface area contributed by atoms with Crippen molar-refractivity contribution in [3.8, 4) is 22.8 Å². The Bertz CT molecular complexity index is 1080. The van der Waals surface area contributed by atoms with Crippen LogP contribution in [0.25, 0.3) is 11.3 Å². The number of benzene rings is 2. The maximum Gasteiger partial charge on any atom is 0.260 e. The molecule has 7 nitrogen and oxygen atoms in total. The van der Waals surface area contributed by atoms with Crippen molar-refractivity contribution in [1.82, 2.24) is 15.1 Å². The van der Waals surface area contributed by atoms with Gasteiger partial charge in [-0.1, -0.05) is 32.0 Å². The lowest BCUT2D eigenvalue weighted by Gasteiger charge is -2.35. The number of amides is 1. The summed E-state index contributed by atoms with van der Waals surface area (Å²) in [6.45, 7) is 9.61. The van der Waals surface area contributed by atoms with E-state index in [0.29, 0.717) is 38.7 Å². The first-order chi connectivity index (χ1) is 16.5. The molecular weight excluding hydrogens is 428 g/mol. The van der Waals surface area contributed by atoms with Crippen LogP contribution in [-0.2, 0) is 4.79 Å². The van der Waals surface area contributed by atoms with Crippen LogP contribution in [0.2, 0.25) is 0 Å². The number of ether oxygens (including phenoxy) is 2. The summed E-state index contributed by atoms with van der Waals surface area (Å²) >= 11 is 0. The Labute approximate surface area is 201 Å². The van der Waals surface area contributed by atoms with Crippen LogP contribution in [0.15, 0.2) is 60.7 Å².